The maximum Gasteiger partial charge on any atom is 0.411 e. The molecule has 2 amide bonds. The zero-order valence-electron chi connectivity index (χ0n) is 21.3. The molecule has 0 aliphatic carbocycles. The highest BCUT2D eigenvalue weighted by atomic mass is 16.6. The van der Waals surface area contributed by atoms with Gasteiger partial charge in [-0.15, -0.1) is 0 Å². The Morgan fingerprint density at radius 1 is 0.727 bits per heavy atom. The van der Waals surface area contributed by atoms with Crippen molar-refractivity contribution in [3.8, 4) is 0 Å². The third-order valence-electron chi connectivity index (χ3n) is 5.30. The molecule has 2 aliphatic heterocycles. The number of hydrogen-bond donors (Lipinski definition) is 1. The molecule has 0 aromatic rings. The second-order valence-electron chi connectivity index (χ2n) is 10.5. The Balaban J connectivity index is 0.000000331. The number of carboxylic acids is 1. The van der Waals surface area contributed by atoms with Crippen LogP contribution in [0.15, 0.2) is 0 Å². The lowest BCUT2D eigenvalue weighted by atomic mass is 10.2. The summed E-state index contributed by atoms with van der Waals surface area (Å²) in [7, 11) is 1.33. The number of aliphatic carboxylic acids is 1. The number of carbonyl (C=O) groups excluding carboxylic acids is 3. The first-order valence-corrected chi connectivity index (χ1v) is 11.3. The molecule has 2 heterocycles. The molecule has 0 saturated carbocycles. The summed E-state index contributed by atoms with van der Waals surface area (Å²) in [6, 6.07) is -1.32. The zero-order valence-corrected chi connectivity index (χ0v) is 21.3. The largest absolute Gasteiger partial charge is 0.480 e. The van der Waals surface area contributed by atoms with E-state index >= 15 is 0 Å². The summed E-state index contributed by atoms with van der Waals surface area (Å²) in [5, 5.41) is 9.00. The average Bonchev–Trinajstić information content (AvgIpc) is 3.21. The molecule has 33 heavy (non-hydrogen) atoms. The van der Waals surface area contributed by atoms with E-state index in [2.05, 4.69) is 0 Å². The van der Waals surface area contributed by atoms with E-state index in [-0.39, 0.29) is 18.1 Å². The van der Waals surface area contributed by atoms with Crippen LogP contribution in [-0.4, -0.2) is 81.5 Å². The quantitative estimate of drug-likeness (QED) is 0.475. The summed E-state index contributed by atoms with van der Waals surface area (Å²) >= 11 is 0. The number of carboxylic acid groups (broad SMARTS) is 1. The molecule has 2 rings (SSSR count). The highest BCUT2D eigenvalue weighted by molar-refractivity contribution is 5.82. The Labute approximate surface area is 196 Å². The van der Waals surface area contributed by atoms with Crippen LogP contribution < -0.4 is 0 Å². The normalized spacial score (nSPS) is 25.1. The molecule has 10 heteroatoms. The molecule has 0 radical (unpaired) electrons. The molecule has 2 aliphatic rings. The zero-order chi connectivity index (χ0) is 25.7. The van der Waals surface area contributed by atoms with Crippen molar-refractivity contribution >= 4 is 24.1 Å². The highest BCUT2D eigenvalue weighted by Gasteiger charge is 2.42. The number of methoxy groups -OCH3 is 1. The minimum Gasteiger partial charge on any atom is -0.480 e. The summed E-state index contributed by atoms with van der Waals surface area (Å²) in [5.74, 6) is -1.34. The van der Waals surface area contributed by atoms with E-state index in [1.54, 1.807) is 41.5 Å². The van der Waals surface area contributed by atoms with Crippen molar-refractivity contribution in [3.63, 3.8) is 0 Å². The molecule has 1 N–H and O–H groups in total. The number of carbonyl (C=O) groups is 4. The van der Waals surface area contributed by atoms with Crippen LogP contribution in [-0.2, 0) is 23.8 Å². The minimum atomic E-state index is -0.963. The lowest BCUT2D eigenvalue weighted by Crippen LogP contribution is -2.46. The van der Waals surface area contributed by atoms with Gasteiger partial charge in [0.05, 0.1) is 7.11 Å². The van der Waals surface area contributed by atoms with E-state index in [9.17, 15) is 19.2 Å². The predicted molar refractivity (Wildman–Crippen MR) is 121 cm³/mol. The highest BCUT2D eigenvalue weighted by Crippen LogP contribution is 2.27. The molecule has 4 atom stereocenters. The van der Waals surface area contributed by atoms with E-state index < -0.39 is 41.4 Å². The van der Waals surface area contributed by atoms with E-state index in [1.807, 2.05) is 13.8 Å². The molecule has 2 fully saturated rings. The number of likely N-dealkylation sites (tertiary alicyclic amines) is 2. The molecular weight excluding hydrogens is 432 g/mol. The number of ether oxygens (including phenoxy) is 3. The van der Waals surface area contributed by atoms with E-state index in [1.165, 1.54) is 16.9 Å². The van der Waals surface area contributed by atoms with E-state index in [4.69, 9.17) is 19.3 Å². The third kappa shape index (κ3) is 8.40. The van der Waals surface area contributed by atoms with Gasteiger partial charge >= 0.3 is 24.1 Å². The Kier molecular flexibility index (Phi) is 9.56. The number of amides is 2. The standard InChI is InChI=1S/C12H21NO4.C11H19NO4/c1-8-6-7-9(10(14)16-5)13(8)11(15)17-12(2,3)4;1-7-5-6-8(9(13)14)12(7)10(15)16-11(2,3)4/h8-9H,6-7H2,1-5H3;7-8H,5-6H2,1-4H3,(H,13,14)/t8-,9+;7-,8+/m11/s1. The van der Waals surface area contributed by atoms with Crippen LogP contribution in [0, 0.1) is 0 Å². The van der Waals surface area contributed by atoms with Crippen LogP contribution in [0.2, 0.25) is 0 Å². The Bertz CT molecular complexity index is 725. The fourth-order valence-corrected chi connectivity index (χ4v) is 3.82. The van der Waals surface area contributed by atoms with Crippen molar-refractivity contribution in [3.05, 3.63) is 0 Å². The average molecular weight is 473 g/mol. The lowest BCUT2D eigenvalue weighted by Gasteiger charge is -2.30. The van der Waals surface area contributed by atoms with E-state index in [0.29, 0.717) is 19.3 Å². The molecule has 0 aromatic heterocycles. The van der Waals surface area contributed by atoms with Crippen molar-refractivity contribution < 1.29 is 38.5 Å². The topological polar surface area (TPSA) is 123 Å². The summed E-state index contributed by atoms with van der Waals surface area (Å²) in [4.78, 5) is 49.2. The van der Waals surface area contributed by atoms with E-state index in [0.717, 1.165) is 6.42 Å². The van der Waals surface area contributed by atoms with Crippen LogP contribution in [0.3, 0.4) is 0 Å². The van der Waals surface area contributed by atoms with Gasteiger partial charge in [0.15, 0.2) is 0 Å². The maximum atomic E-state index is 12.0. The third-order valence-corrected chi connectivity index (χ3v) is 5.30. The van der Waals surface area contributed by atoms with Gasteiger partial charge in [0.25, 0.3) is 0 Å². The summed E-state index contributed by atoms with van der Waals surface area (Å²) in [5.41, 5.74) is -1.15. The first kappa shape index (κ1) is 28.5. The van der Waals surface area contributed by atoms with Gasteiger partial charge in [0, 0.05) is 12.1 Å². The summed E-state index contributed by atoms with van der Waals surface area (Å²) in [6.45, 7) is 14.5. The molecule has 0 unspecified atom stereocenters. The van der Waals surface area contributed by atoms with Gasteiger partial charge in [-0.25, -0.2) is 19.2 Å². The number of esters is 1. The predicted octanol–water partition coefficient (Wildman–Crippen LogP) is 3.81. The van der Waals surface area contributed by atoms with Crippen molar-refractivity contribution in [1.82, 2.24) is 9.80 Å². The van der Waals surface area contributed by atoms with Crippen molar-refractivity contribution in [2.45, 2.75) is 116 Å². The summed E-state index contributed by atoms with van der Waals surface area (Å²) in [6.07, 6.45) is 1.64. The van der Waals surface area contributed by atoms with Gasteiger partial charge in [0.1, 0.15) is 23.3 Å². The van der Waals surface area contributed by atoms with Crippen LogP contribution in [0.4, 0.5) is 9.59 Å². The van der Waals surface area contributed by atoms with Gasteiger partial charge in [0.2, 0.25) is 0 Å². The molecule has 2 saturated heterocycles. The van der Waals surface area contributed by atoms with Crippen LogP contribution in [0.25, 0.3) is 0 Å². The number of nitrogens with zero attached hydrogens (tertiary/aromatic N) is 2. The van der Waals surface area contributed by atoms with Crippen LogP contribution in [0.1, 0.15) is 81.1 Å². The second kappa shape index (κ2) is 11.1. The maximum absolute atomic E-state index is 12.0. The van der Waals surface area contributed by atoms with Gasteiger partial charge in [-0.1, -0.05) is 0 Å². The fraction of sp³-hybridized carbons (Fsp3) is 0.826. The first-order valence-electron chi connectivity index (χ1n) is 11.3. The molecular formula is C23H40N2O8. The molecule has 0 bridgehead atoms. The number of rotatable bonds is 2. The van der Waals surface area contributed by atoms with Gasteiger partial charge in [-0.2, -0.15) is 0 Å². The molecule has 0 aromatic carbocycles. The molecule has 0 spiro atoms. The van der Waals surface area contributed by atoms with Crippen LogP contribution in [0.5, 0.6) is 0 Å². The van der Waals surface area contributed by atoms with Gasteiger partial charge in [-0.05, 0) is 81.1 Å². The summed E-state index contributed by atoms with van der Waals surface area (Å²) < 4.78 is 15.2. The molecule has 10 nitrogen and oxygen atoms in total. The fourth-order valence-electron chi connectivity index (χ4n) is 3.82. The van der Waals surface area contributed by atoms with Crippen molar-refractivity contribution in [1.29, 1.82) is 0 Å². The first-order chi connectivity index (χ1) is 15.0. The van der Waals surface area contributed by atoms with Crippen molar-refractivity contribution in [2.24, 2.45) is 0 Å². The SMILES string of the molecule is COC(=O)[C@@H]1CC[C@@H](C)N1C(=O)OC(C)(C)C.C[C@@H]1CC[C@@H](C(=O)O)N1C(=O)OC(C)(C)C. The van der Waals surface area contributed by atoms with Crippen LogP contribution >= 0.6 is 0 Å². The minimum absolute atomic E-state index is 0.00829. The lowest BCUT2D eigenvalue weighted by molar-refractivity contribution is -0.146. The monoisotopic (exact) mass is 472 g/mol. The molecule has 190 valence electrons. The number of hydrogen-bond acceptors (Lipinski definition) is 7. The Morgan fingerprint density at radius 3 is 1.42 bits per heavy atom. The second-order valence-corrected chi connectivity index (χ2v) is 10.5. The van der Waals surface area contributed by atoms with Gasteiger partial charge in [-0.3, -0.25) is 9.80 Å². The Hall–Kier alpha value is -2.52. The Morgan fingerprint density at radius 2 is 1.09 bits per heavy atom. The van der Waals surface area contributed by atoms with Gasteiger partial charge < -0.3 is 19.3 Å². The smallest absolute Gasteiger partial charge is 0.411 e. The van der Waals surface area contributed by atoms with Crippen molar-refractivity contribution in [2.75, 3.05) is 7.11 Å².